The van der Waals surface area contributed by atoms with Gasteiger partial charge in [0.1, 0.15) is 5.69 Å². The van der Waals surface area contributed by atoms with Crippen molar-refractivity contribution in [1.82, 2.24) is 9.80 Å². The quantitative estimate of drug-likeness (QED) is 0.358. The Labute approximate surface area is 237 Å². The van der Waals surface area contributed by atoms with E-state index in [1.54, 1.807) is 0 Å². The van der Waals surface area contributed by atoms with Crippen molar-refractivity contribution in [2.24, 2.45) is 10.7 Å². The summed E-state index contributed by atoms with van der Waals surface area (Å²) in [6.45, 7) is 3.78. The van der Waals surface area contributed by atoms with Crippen LogP contribution in [-0.2, 0) is 0 Å². The van der Waals surface area contributed by atoms with Gasteiger partial charge in [-0.15, -0.1) is 0 Å². The van der Waals surface area contributed by atoms with E-state index in [0.717, 1.165) is 63.2 Å². The lowest BCUT2D eigenvalue weighted by Crippen LogP contribution is -2.44. The molecule has 0 radical (unpaired) electrons. The minimum atomic E-state index is 0.0493. The minimum Gasteiger partial charge on any atom is -0.361 e. The number of nitrogens with two attached hydrogens (primary N) is 1. The Bertz CT molecular complexity index is 1350. The number of carbonyl (C=O) groups excluding carboxylic acids is 1. The molecule has 3 aromatic rings. The lowest BCUT2D eigenvalue weighted by atomic mass is 10.0. The van der Waals surface area contributed by atoms with Gasteiger partial charge < -0.3 is 25.8 Å². The number of allylic oxidation sites excluding steroid dienone is 1. The van der Waals surface area contributed by atoms with E-state index >= 15 is 0 Å². The maximum absolute atomic E-state index is 13.0. The molecule has 1 saturated heterocycles. The summed E-state index contributed by atoms with van der Waals surface area (Å²) in [6.07, 6.45) is 8.30. The third kappa shape index (κ3) is 6.69. The average Bonchev–Trinajstić information content (AvgIpc) is 3.24. The van der Waals surface area contributed by atoms with Crippen LogP contribution in [0.1, 0.15) is 41.6 Å². The number of carbonyl (C=O) groups is 1. The number of anilines is 2. The van der Waals surface area contributed by atoms with E-state index in [-0.39, 0.29) is 17.9 Å². The largest absolute Gasteiger partial charge is 0.361 e. The number of benzene rings is 2. The van der Waals surface area contributed by atoms with Gasteiger partial charge in [-0.2, -0.15) is 0 Å². The SMILES string of the molecule is CN1CCC(N(C)C(=O)c2ccc(N/C(N)=N/c3[nH+]cccc3N3CC=C(c4ccccc4)CCC3)cc2)CC1. The number of H-pyrrole nitrogens is 1. The Morgan fingerprint density at radius 1 is 1.02 bits per heavy atom. The van der Waals surface area contributed by atoms with Gasteiger partial charge in [-0.1, -0.05) is 36.4 Å². The molecule has 2 aliphatic rings. The van der Waals surface area contributed by atoms with Crippen molar-refractivity contribution in [1.29, 1.82) is 0 Å². The number of guanidine groups is 1. The van der Waals surface area contributed by atoms with Gasteiger partial charge in [0.05, 0.1) is 6.20 Å². The van der Waals surface area contributed by atoms with Gasteiger partial charge in [0.15, 0.2) is 0 Å². The molecule has 3 heterocycles. The molecule has 0 spiro atoms. The molecule has 4 N–H and O–H groups in total. The van der Waals surface area contributed by atoms with E-state index < -0.39 is 0 Å². The molecule has 0 unspecified atom stereocenters. The second kappa shape index (κ2) is 12.8. The number of piperidine rings is 1. The first kappa shape index (κ1) is 27.4. The molecular weight excluding hydrogens is 498 g/mol. The molecule has 40 heavy (non-hydrogen) atoms. The zero-order valence-electron chi connectivity index (χ0n) is 23.5. The number of rotatable bonds is 6. The summed E-state index contributed by atoms with van der Waals surface area (Å²) in [7, 11) is 4.04. The molecule has 1 amide bonds. The molecule has 0 bridgehead atoms. The number of aromatic nitrogens is 1. The van der Waals surface area contributed by atoms with Crippen molar-refractivity contribution in [3.05, 3.63) is 90.1 Å². The van der Waals surface area contributed by atoms with Crippen LogP contribution in [0.4, 0.5) is 17.2 Å². The molecule has 2 aromatic carbocycles. The van der Waals surface area contributed by atoms with Gasteiger partial charge >= 0.3 is 11.8 Å². The number of aliphatic imine (C=N–C) groups is 1. The fourth-order valence-corrected chi connectivity index (χ4v) is 5.52. The first-order valence-corrected chi connectivity index (χ1v) is 14.1. The Hall–Kier alpha value is -4.17. The van der Waals surface area contributed by atoms with Crippen LogP contribution in [0.2, 0.25) is 0 Å². The van der Waals surface area contributed by atoms with Crippen LogP contribution in [0, 0.1) is 0 Å². The number of pyridine rings is 1. The van der Waals surface area contributed by atoms with Gasteiger partial charge in [0.25, 0.3) is 5.91 Å². The Morgan fingerprint density at radius 3 is 2.52 bits per heavy atom. The predicted molar refractivity (Wildman–Crippen MR) is 163 cm³/mol. The Kier molecular flexibility index (Phi) is 8.76. The molecule has 0 atom stereocenters. The van der Waals surface area contributed by atoms with E-state index in [0.29, 0.717) is 11.4 Å². The van der Waals surface area contributed by atoms with Crippen molar-refractivity contribution in [2.75, 3.05) is 50.5 Å². The van der Waals surface area contributed by atoms with Gasteiger partial charge in [0, 0.05) is 37.4 Å². The lowest BCUT2D eigenvalue weighted by molar-refractivity contribution is -0.362. The number of nitrogens with zero attached hydrogens (tertiary/aromatic N) is 4. The number of aromatic amines is 1. The average molecular weight is 539 g/mol. The fraction of sp³-hybridized carbons (Fsp3) is 0.344. The Balaban J connectivity index is 1.24. The second-order valence-electron chi connectivity index (χ2n) is 10.7. The Morgan fingerprint density at radius 2 is 1.77 bits per heavy atom. The molecule has 8 nitrogen and oxygen atoms in total. The molecule has 1 aromatic heterocycles. The number of amides is 1. The standard InChI is InChI=1S/C32H39N7O/c1-37-21-17-28(18-22-37)38(2)31(40)26-12-14-27(15-13-26)35-32(33)36-30-29(11-6-19-34-30)39-20-7-10-25(16-23-39)24-8-4-3-5-9-24/h3-6,8-9,11-16,19,28H,7,10,17-18,20-23H2,1-2H3,(H3,33,34,35,36)/p+1. The summed E-state index contributed by atoms with van der Waals surface area (Å²) in [6, 6.07) is 22.4. The van der Waals surface area contributed by atoms with Gasteiger partial charge in [-0.05, 0) is 98.3 Å². The van der Waals surface area contributed by atoms with Gasteiger partial charge in [-0.25, -0.2) is 4.98 Å². The first-order chi connectivity index (χ1) is 19.5. The third-order valence-corrected chi connectivity index (χ3v) is 7.92. The summed E-state index contributed by atoms with van der Waals surface area (Å²) in [5.41, 5.74) is 11.5. The second-order valence-corrected chi connectivity index (χ2v) is 10.7. The van der Waals surface area contributed by atoms with Crippen molar-refractivity contribution < 1.29 is 9.78 Å². The van der Waals surface area contributed by atoms with Crippen molar-refractivity contribution in [2.45, 2.75) is 31.7 Å². The molecule has 0 saturated carbocycles. The zero-order valence-corrected chi connectivity index (χ0v) is 23.5. The summed E-state index contributed by atoms with van der Waals surface area (Å²) < 4.78 is 0. The van der Waals surface area contributed by atoms with Crippen LogP contribution < -0.4 is 20.9 Å². The summed E-state index contributed by atoms with van der Waals surface area (Å²) >= 11 is 0. The maximum atomic E-state index is 13.0. The number of hydrogen-bond donors (Lipinski definition) is 2. The van der Waals surface area contributed by atoms with Crippen LogP contribution >= 0.6 is 0 Å². The molecule has 0 aliphatic carbocycles. The highest BCUT2D eigenvalue weighted by atomic mass is 16.2. The molecule has 2 aliphatic heterocycles. The molecule has 1 fully saturated rings. The van der Waals surface area contributed by atoms with Gasteiger partial charge in [-0.3, -0.25) is 4.79 Å². The number of likely N-dealkylation sites (tertiary alicyclic amines) is 1. The third-order valence-electron chi connectivity index (χ3n) is 7.92. The topological polar surface area (TPSA) is 91.3 Å². The fourth-order valence-electron chi connectivity index (χ4n) is 5.52. The normalized spacial score (nSPS) is 17.2. The van der Waals surface area contributed by atoms with Crippen LogP contribution in [0.15, 0.2) is 84.0 Å². The highest BCUT2D eigenvalue weighted by Gasteiger charge is 2.25. The molecule has 8 heteroatoms. The highest BCUT2D eigenvalue weighted by Crippen LogP contribution is 2.29. The molecule has 208 valence electrons. The number of hydrogen-bond acceptors (Lipinski definition) is 4. The summed E-state index contributed by atoms with van der Waals surface area (Å²) in [5.74, 6) is 1.03. The van der Waals surface area contributed by atoms with Crippen molar-refractivity contribution in [3.63, 3.8) is 0 Å². The van der Waals surface area contributed by atoms with E-state index in [9.17, 15) is 4.79 Å². The minimum absolute atomic E-state index is 0.0493. The van der Waals surface area contributed by atoms with E-state index in [1.165, 1.54) is 11.1 Å². The summed E-state index contributed by atoms with van der Waals surface area (Å²) in [5, 5.41) is 3.17. The van der Waals surface area contributed by atoms with Crippen molar-refractivity contribution >= 4 is 34.6 Å². The monoisotopic (exact) mass is 538 g/mol. The van der Waals surface area contributed by atoms with Crippen LogP contribution in [0.3, 0.4) is 0 Å². The van der Waals surface area contributed by atoms with Gasteiger partial charge in [0.2, 0.25) is 0 Å². The van der Waals surface area contributed by atoms with Crippen LogP contribution in [0.5, 0.6) is 0 Å². The molecule has 5 rings (SSSR count). The van der Waals surface area contributed by atoms with Crippen LogP contribution in [-0.4, -0.2) is 68.0 Å². The van der Waals surface area contributed by atoms with Crippen molar-refractivity contribution in [3.8, 4) is 0 Å². The number of nitrogens with one attached hydrogen (secondary N) is 2. The first-order valence-electron chi connectivity index (χ1n) is 14.1. The van der Waals surface area contributed by atoms with E-state index in [1.807, 2.05) is 48.5 Å². The van der Waals surface area contributed by atoms with Crippen LogP contribution in [0.25, 0.3) is 5.57 Å². The van der Waals surface area contributed by atoms with E-state index in [2.05, 4.69) is 74.6 Å². The lowest BCUT2D eigenvalue weighted by Gasteiger charge is -2.35. The maximum Gasteiger partial charge on any atom is 0.348 e. The smallest absolute Gasteiger partial charge is 0.348 e. The highest BCUT2D eigenvalue weighted by molar-refractivity contribution is 5.97. The summed E-state index contributed by atoms with van der Waals surface area (Å²) in [4.78, 5) is 27.5. The molecular formula is C32H40N7O+. The van der Waals surface area contributed by atoms with E-state index in [4.69, 9.17) is 5.73 Å². The predicted octanol–water partition coefficient (Wildman–Crippen LogP) is 4.41. The zero-order chi connectivity index (χ0) is 27.9.